The van der Waals surface area contributed by atoms with Crippen molar-refractivity contribution in [3.8, 4) is 0 Å². The van der Waals surface area contributed by atoms with Gasteiger partial charge in [0.1, 0.15) is 0 Å². The fourth-order valence-electron chi connectivity index (χ4n) is 2.47. The van der Waals surface area contributed by atoms with Crippen molar-refractivity contribution in [2.24, 2.45) is 5.92 Å². The van der Waals surface area contributed by atoms with E-state index in [2.05, 4.69) is 21.2 Å². The molecule has 2 fully saturated rings. The monoisotopic (exact) mass is 217 g/mol. The van der Waals surface area contributed by atoms with Crippen molar-refractivity contribution in [2.45, 2.75) is 43.0 Å². The highest BCUT2D eigenvalue weighted by molar-refractivity contribution is 9.09. The zero-order valence-corrected chi connectivity index (χ0v) is 8.44. The lowest BCUT2D eigenvalue weighted by Crippen LogP contribution is -2.47. The van der Waals surface area contributed by atoms with Crippen molar-refractivity contribution in [3.05, 3.63) is 0 Å². The van der Waals surface area contributed by atoms with E-state index >= 15 is 0 Å². The lowest BCUT2D eigenvalue weighted by atomic mass is 9.79. The molecule has 11 heavy (non-hydrogen) atoms. The fraction of sp³-hybridized carbons (Fsp3) is 1.00. The van der Waals surface area contributed by atoms with Crippen molar-refractivity contribution in [3.63, 3.8) is 0 Å². The van der Waals surface area contributed by atoms with Gasteiger partial charge in [0.2, 0.25) is 0 Å². The summed E-state index contributed by atoms with van der Waals surface area (Å²) in [6.07, 6.45) is 7.02. The Bertz CT molecular complexity index is 136. The first-order valence-electron chi connectivity index (χ1n) is 4.75. The number of hydrogen-bond donors (Lipinski definition) is 1. The Morgan fingerprint density at radius 3 is 2.82 bits per heavy atom. The molecular weight excluding hydrogens is 202 g/mol. The first-order valence-corrected chi connectivity index (χ1v) is 5.67. The molecule has 2 heteroatoms. The summed E-state index contributed by atoms with van der Waals surface area (Å²) in [6.45, 7) is 1.25. The predicted molar refractivity (Wildman–Crippen MR) is 51.1 cm³/mol. The van der Waals surface area contributed by atoms with Crippen molar-refractivity contribution >= 4 is 15.9 Å². The Morgan fingerprint density at radius 1 is 1.09 bits per heavy atom. The molecule has 2 rings (SSSR count). The summed E-state index contributed by atoms with van der Waals surface area (Å²) in [7, 11) is 0. The molecule has 0 aromatic rings. The van der Waals surface area contributed by atoms with E-state index in [-0.39, 0.29) is 0 Å². The molecule has 1 aliphatic heterocycles. The molecule has 0 spiro atoms. The number of halogens is 1. The second-order valence-corrected chi connectivity index (χ2v) is 4.99. The van der Waals surface area contributed by atoms with E-state index in [0.717, 1.165) is 16.8 Å². The number of fused-ring (bicyclic) bond motifs is 1. The first-order chi connectivity index (χ1) is 5.38. The van der Waals surface area contributed by atoms with E-state index in [9.17, 15) is 0 Å². The Kier molecular flexibility index (Phi) is 2.52. The lowest BCUT2D eigenvalue weighted by Gasteiger charge is -2.39. The molecule has 3 atom stereocenters. The summed E-state index contributed by atoms with van der Waals surface area (Å²) < 4.78 is 0. The largest absolute Gasteiger partial charge is 0.314 e. The van der Waals surface area contributed by atoms with Crippen LogP contribution in [0.1, 0.15) is 32.1 Å². The van der Waals surface area contributed by atoms with Crippen molar-refractivity contribution < 1.29 is 0 Å². The standard InChI is InChI=1S/C9H16BrN/c10-8-4-1-5-9-7(8)3-2-6-11-9/h7-9,11H,1-6H2. The molecule has 1 aliphatic carbocycles. The van der Waals surface area contributed by atoms with Crippen LogP contribution >= 0.6 is 15.9 Å². The van der Waals surface area contributed by atoms with Gasteiger partial charge in [0.25, 0.3) is 0 Å². The van der Waals surface area contributed by atoms with Gasteiger partial charge in [0.15, 0.2) is 0 Å². The molecule has 2 aliphatic rings. The molecule has 1 heterocycles. The van der Waals surface area contributed by atoms with Crippen LogP contribution in [-0.2, 0) is 0 Å². The molecule has 0 amide bonds. The van der Waals surface area contributed by atoms with Gasteiger partial charge < -0.3 is 5.32 Å². The summed E-state index contributed by atoms with van der Waals surface area (Å²) >= 11 is 3.79. The number of piperidine rings is 1. The summed E-state index contributed by atoms with van der Waals surface area (Å²) in [6, 6.07) is 0.835. The Balaban J connectivity index is 1.99. The second kappa shape index (κ2) is 3.44. The van der Waals surface area contributed by atoms with Gasteiger partial charge in [-0.3, -0.25) is 0 Å². The maximum absolute atomic E-state index is 3.79. The van der Waals surface area contributed by atoms with E-state index in [1.54, 1.807) is 0 Å². The Labute approximate surface area is 77.1 Å². The molecule has 1 saturated heterocycles. The van der Waals surface area contributed by atoms with Crippen LogP contribution in [0.15, 0.2) is 0 Å². The average Bonchev–Trinajstić information content (AvgIpc) is 2.06. The van der Waals surface area contributed by atoms with Crippen molar-refractivity contribution in [1.29, 1.82) is 0 Å². The molecule has 64 valence electrons. The zero-order chi connectivity index (χ0) is 7.68. The minimum absolute atomic E-state index is 0.800. The van der Waals surface area contributed by atoms with Gasteiger partial charge in [-0.05, 0) is 38.1 Å². The SMILES string of the molecule is BrC1CCCC2NCCCC12. The summed E-state index contributed by atoms with van der Waals surface area (Å²) in [5.41, 5.74) is 0. The number of alkyl halides is 1. The quantitative estimate of drug-likeness (QED) is 0.615. The molecular formula is C9H16BrN. The Morgan fingerprint density at radius 2 is 2.00 bits per heavy atom. The van der Waals surface area contributed by atoms with Gasteiger partial charge in [-0.25, -0.2) is 0 Å². The molecule has 0 bridgehead atoms. The zero-order valence-electron chi connectivity index (χ0n) is 6.85. The highest BCUT2D eigenvalue weighted by Crippen LogP contribution is 2.34. The van der Waals surface area contributed by atoms with Crippen LogP contribution in [0.2, 0.25) is 0 Å². The van der Waals surface area contributed by atoms with Crippen LogP contribution in [0.3, 0.4) is 0 Å². The maximum Gasteiger partial charge on any atom is 0.0188 e. The molecule has 1 N–H and O–H groups in total. The lowest BCUT2D eigenvalue weighted by molar-refractivity contribution is 0.222. The second-order valence-electron chi connectivity index (χ2n) is 3.81. The van der Waals surface area contributed by atoms with Gasteiger partial charge >= 0.3 is 0 Å². The number of rotatable bonds is 0. The molecule has 1 saturated carbocycles. The summed E-state index contributed by atoms with van der Waals surface area (Å²) in [5, 5.41) is 3.62. The van der Waals surface area contributed by atoms with Crippen molar-refractivity contribution in [2.75, 3.05) is 6.54 Å². The van der Waals surface area contributed by atoms with E-state index in [4.69, 9.17) is 0 Å². The average molecular weight is 218 g/mol. The predicted octanol–water partition coefficient (Wildman–Crippen LogP) is 2.30. The third-order valence-corrected chi connectivity index (χ3v) is 4.23. The van der Waals surface area contributed by atoms with E-state index in [0.29, 0.717) is 0 Å². The van der Waals surface area contributed by atoms with Crippen LogP contribution in [0.25, 0.3) is 0 Å². The maximum atomic E-state index is 3.79. The Hall–Kier alpha value is 0.440. The highest BCUT2D eigenvalue weighted by atomic mass is 79.9. The molecule has 0 aromatic carbocycles. The smallest absolute Gasteiger partial charge is 0.0188 e. The minimum atomic E-state index is 0.800. The van der Waals surface area contributed by atoms with Crippen LogP contribution in [0.4, 0.5) is 0 Å². The van der Waals surface area contributed by atoms with Gasteiger partial charge in [0.05, 0.1) is 0 Å². The van der Waals surface area contributed by atoms with Crippen LogP contribution in [-0.4, -0.2) is 17.4 Å². The third-order valence-electron chi connectivity index (χ3n) is 3.10. The van der Waals surface area contributed by atoms with Crippen LogP contribution < -0.4 is 5.32 Å². The van der Waals surface area contributed by atoms with Crippen LogP contribution in [0.5, 0.6) is 0 Å². The molecule has 0 radical (unpaired) electrons. The van der Waals surface area contributed by atoms with E-state index in [1.165, 1.54) is 38.6 Å². The third kappa shape index (κ3) is 1.62. The molecule has 1 nitrogen and oxygen atoms in total. The van der Waals surface area contributed by atoms with Gasteiger partial charge in [-0.1, -0.05) is 22.4 Å². The van der Waals surface area contributed by atoms with Gasteiger partial charge in [-0.15, -0.1) is 0 Å². The normalized spacial score (nSPS) is 45.0. The number of hydrogen-bond acceptors (Lipinski definition) is 1. The minimum Gasteiger partial charge on any atom is -0.314 e. The first kappa shape index (κ1) is 8.06. The molecule has 0 aromatic heterocycles. The van der Waals surface area contributed by atoms with Crippen LogP contribution in [0, 0.1) is 5.92 Å². The van der Waals surface area contributed by atoms with Gasteiger partial charge in [0, 0.05) is 10.9 Å². The topological polar surface area (TPSA) is 12.0 Å². The van der Waals surface area contributed by atoms with Crippen molar-refractivity contribution in [1.82, 2.24) is 5.32 Å². The van der Waals surface area contributed by atoms with E-state index in [1.807, 2.05) is 0 Å². The fourth-order valence-corrected chi connectivity index (χ4v) is 3.43. The highest BCUT2D eigenvalue weighted by Gasteiger charge is 2.32. The number of nitrogens with one attached hydrogen (secondary N) is 1. The summed E-state index contributed by atoms with van der Waals surface area (Å²) in [4.78, 5) is 0.800. The molecule has 3 unspecified atom stereocenters. The van der Waals surface area contributed by atoms with E-state index < -0.39 is 0 Å². The summed E-state index contributed by atoms with van der Waals surface area (Å²) in [5.74, 6) is 0.928. The van der Waals surface area contributed by atoms with Gasteiger partial charge in [-0.2, -0.15) is 0 Å².